The van der Waals surface area contributed by atoms with Crippen LogP contribution < -0.4 is 0 Å². The number of hydrogen-bond donors (Lipinski definition) is 1. The van der Waals surface area contributed by atoms with Gasteiger partial charge in [0.15, 0.2) is 0 Å². The van der Waals surface area contributed by atoms with Gasteiger partial charge in [0, 0.05) is 25.4 Å². The van der Waals surface area contributed by atoms with E-state index >= 15 is 0 Å². The first-order valence-electron chi connectivity index (χ1n) is 5.56. The largest absolute Gasteiger partial charge is 0.411 e. The molecular formula is C11H22N2O. The first-order chi connectivity index (χ1) is 6.63. The molecule has 3 heteroatoms. The van der Waals surface area contributed by atoms with E-state index in [1.807, 2.05) is 0 Å². The summed E-state index contributed by atoms with van der Waals surface area (Å²) in [7, 11) is 0. The van der Waals surface area contributed by atoms with E-state index in [4.69, 9.17) is 5.21 Å². The lowest BCUT2D eigenvalue weighted by atomic mass is 9.97. The average molecular weight is 198 g/mol. The fourth-order valence-corrected chi connectivity index (χ4v) is 1.90. The average Bonchev–Trinajstić information content (AvgIpc) is 2.15. The maximum Gasteiger partial charge on any atom is 0.0624 e. The predicted molar refractivity (Wildman–Crippen MR) is 58.9 cm³/mol. The third kappa shape index (κ3) is 3.29. The van der Waals surface area contributed by atoms with Gasteiger partial charge in [0.05, 0.1) is 5.71 Å². The van der Waals surface area contributed by atoms with Crippen molar-refractivity contribution in [2.75, 3.05) is 19.6 Å². The predicted octanol–water partition coefficient (Wildman–Crippen LogP) is 2.20. The lowest BCUT2D eigenvalue weighted by Crippen LogP contribution is -2.40. The Kier molecular flexibility index (Phi) is 4.39. The number of nitrogens with zero attached hydrogens (tertiary/aromatic N) is 2. The van der Waals surface area contributed by atoms with E-state index in [1.54, 1.807) is 0 Å². The molecule has 0 spiro atoms. The van der Waals surface area contributed by atoms with Gasteiger partial charge in [-0.2, -0.15) is 0 Å². The van der Waals surface area contributed by atoms with Crippen LogP contribution in [0.5, 0.6) is 0 Å². The van der Waals surface area contributed by atoms with Crippen molar-refractivity contribution in [3.63, 3.8) is 0 Å². The smallest absolute Gasteiger partial charge is 0.0624 e. The molecule has 0 aromatic carbocycles. The highest BCUT2D eigenvalue weighted by molar-refractivity contribution is 5.86. The van der Waals surface area contributed by atoms with Crippen molar-refractivity contribution in [1.82, 2.24) is 4.90 Å². The van der Waals surface area contributed by atoms with Crippen molar-refractivity contribution in [1.29, 1.82) is 0 Å². The Hall–Kier alpha value is -0.570. The fraction of sp³-hybridized carbons (Fsp3) is 0.909. The van der Waals surface area contributed by atoms with Gasteiger partial charge >= 0.3 is 0 Å². The summed E-state index contributed by atoms with van der Waals surface area (Å²) in [5.74, 6) is 1.19. The van der Waals surface area contributed by atoms with E-state index < -0.39 is 0 Å². The number of oxime groups is 1. The molecule has 1 heterocycles. The highest BCUT2D eigenvalue weighted by Gasteiger charge is 2.21. The third-order valence-corrected chi connectivity index (χ3v) is 2.94. The molecule has 0 aliphatic carbocycles. The third-order valence-electron chi connectivity index (χ3n) is 2.94. The lowest BCUT2D eigenvalue weighted by molar-refractivity contribution is 0.224. The molecule has 1 unspecified atom stereocenters. The molecular weight excluding hydrogens is 176 g/mol. The van der Waals surface area contributed by atoms with Crippen LogP contribution in [0.1, 0.15) is 33.6 Å². The number of piperidine rings is 1. The van der Waals surface area contributed by atoms with Gasteiger partial charge < -0.3 is 10.1 Å². The van der Waals surface area contributed by atoms with Crippen LogP contribution in [-0.4, -0.2) is 35.5 Å². The highest BCUT2D eigenvalue weighted by Crippen LogP contribution is 2.14. The maximum atomic E-state index is 8.74. The fourth-order valence-electron chi connectivity index (χ4n) is 1.90. The van der Waals surface area contributed by atoms with Crippen LogP contribution in [0.15, 0.2) is 5.16 Å². The summed E-state index contributed by atoms with van der Waals surface area (Å²) in [6.07, 6.45) is 2.19. The highest BCUT2D eigenvalue weighted by atomic mass is 16.4. The molecule has 82 valence electrons. The topological polar surface area (TPSA) is 35.8 Å². The van der Waals surface area contributed by atoms with Gasteiger partial charge in [-0.15, -0.1) is 0 Å². The second-order valence-corrected chi connectivity index (χ2v) is 4.73. The molecule has 1 fully saturated rings. The molecule has 1 atom stereocenters. The van der Waals surface area contributed by atoms with Gasteiger partial charge in [-0.1, -0.05) is 25.9 Å². The molecule has 1 saturated heterocycles. The Labute approximate surface area is 86.8 Å². The summed E-state index contributed by atoms with van der Waals surface area (Å²) >= 11 is 0. The summed E-state index contributed by atoms with van der Waals surface area (Å²) in [6, 6.07) is 0. The van der Waals surface area contributed by atoms with Crippen molar-refractivity contribution in [2.24, 2.45) is 17.0 Å². The zero-order chi connectivity index (χ0) is 10.6. The standard InChI is InChI=1S/C11H22N2O/c1-9(2)4-6-13-7-5-11(12-14)10(3)8-13/h9-10,14H,4-8H2,1-3H3. The van der Waals surface area contributed by atoms with Crippen molar-refractivity contribution in [3.8, 4) is 0 Å². The molecule has 0 bridgehead atoms. The van der Waals surface area contributed by atoms with Crippen LogP contribution >= 0.6 is 0 Å². The molecule has 1 rings (SSSR count). The van der Waals surface area contributed by atoms with E-state index in [9.17, 15) is 0 Å². The molecule has 1 aliphatic rings. The molecule has 1 aliphatic heterocycles. The first-order valence-corrected chi connectivity index (χ1v) is 5.56. The second-order valence-electron chi connectivity index (χ2n) is 4.73. The SMILES string of the molecule is CC(C)CCN1CCC(=NO)C(C)C1. The van der Waals surface area contributed by atoms with Crippen molar-refractivity contribution in [3.05, 3.63) is 0 Å². The van der Waals surface area contributed by atoms with Gasteiger partial charge in [-0.3, -0.25) is 0 Å². The minimum atomic E-state index is 0.418. The molecule has 0 aromatic heterocycles. The van der Waals surface area contributed by atoms with Gasteiger partial charge in [0.1, 0.15) is 0 Å². The Morgan fingerprint density at radius 1 is 1.57 bits per heavy atom. The molecule has 0 aromatic rings. The molecule has 1 N–H and O–H groups in total. The zero-order valence-corrected chi connectivity index (χ0v) is 9.53. The molecule has 0 radical (unpaired) electrons. The van der Waals surface area contributed by atoms with E-state index in [2.05, 4.69) is 30.8 Å². The van der Waals surface area contributed by atoms with Crippen LogP contribution in [-0.2, 0) is 0 Å². The van der Waals surface area contributed by atoms with Gasteiger partial charge in [0.25, 0.3) is 0 Å². The number of hydrogen-bond acceptors (Lipinski definition) is 3. The Bertz CT molecular complexity index is 201. The summed E-state index contributed by atoms with van der Waals surface area (Å²) in [4.78, 5) is 2.47. The van der Waals surface area contributed by atoms with Gasteiger partial charge in [-0.05, 0) is 18.9 Å². The van der Waals surface area contributed by atoms with E-state index in [1.165, 1.54) is 13.0 Å². The number of likely N-dealkylation sites (tertiary alicyclic amines) is 1. The minimum Gasteiger partial charge on any atom is -0.411 e. The van der Waals surface area contributed by atoms with Crippen LogP contribution in [0.3, 0.4) is 0 Å². The van der Waals surface area contributed by atoms with Crippen LogP contribution in [0.2, 0.25) is 0 Å². The summed E-state index contributed by atoms with van der Waals surface area (Å²) < 4.78 is 0. The normalized spacial score (nSPS) is 27.4. The lowest BCUT2D eigenvalue weighted by Gasteiger charge is -2.31. The Balaban J connectivity index is 2.32. The quantitative estimate of drug-likeness (QED) is 0.557. The Morgan fingerprint density at radius 3 is 2.79 bits per heavy atom. The maximum absolute atomic E-state index is 8.74. The summed E-state index contributed by atoms with van der Waals surface area (Å²) in [6.45, 7) is 9.93. The van der Waals surface area contributed by atoms with Crippen molar-refractivity contribution >= 4 is 5.71 Å². The van der Waals surface area contributed by atoms with Gasteiger partial charge in [-0.25, -0.2) is 0 Å². The Morgan fingerprint density at radius 2 is 2.29 bits per heavy atom. The van der Waals surface area contributed by atoms with Crippen molar-refractivity contribution in [2.45, 2.75) is 33.6 Å². The van der Waals surface area contributed by atoms with Crippen LogP contribution in [0.25, 0.3) is 0 Å². The van der Waals surface area contributed by atoms with Crippen LogP contribution in [0.4, 0.5) is 0 Å². The van der Waals surface area contributed by atoms with Crippen LogP contribution in [0, 0.1) is 11.8 Å². The number of rotatable bonds is 3. The second kappa shape index (κ2) is 5.35. The van der Waals surface area contributed by atoms with E-state index in [-0.39, 0.29) is 0 Å². The monoisotopic (exact) mass is 198 g/mol. The van der Waals surface area contributed by atoms with E-state index in [0.717, 1.165) is 31.1 Å². The van der Waals surface area contributed by atoms with Gasteiger partial charge in [0.2, 0.25) is 0 Å². The summed E-state index contributed by atoms with van der Waals surface area (Å²) in [5.41, 5.74) is 0.964. The molecule has 0 amide bonds. The summed E-state index contributed by atoms with van der Waals surface area (Å²) in [5, 5.41) is 12.1. The molecule has 0 saturated carbocycles. The minimum absolute atomic E-state index is 0.418. The van der Waals surface area contributed by atoms with E-state index in [0.29, 0.717) is 5.92 Å². The molecule has 14 heavy (non-hydrogen) atoms. The first kappa shape index (κ1) is 11.5. The molecule has 3 nitrogen and oxygen atoms in total. The van der Waals surface area contributed by atoms with Crippen molar-refractivity contribution < 1.29 is 5.21 Å². The zero-order valence-electron chi connectivity index (χ0n) is 9.53.